The summed E-state index contributed by atoms with van der Waals surface area (Å²) in [6, 6.07) is 0.805. The number of ether oxygens (including phenoxy) is 1. The van der Waals surface area contributed by atoms with Crippen molar-refractivity contribution in [3.05, 3.63) is 0 Å². The minimum absolute atomic E-state index is 0.538. The number of nitrogens with one attached hydrogen (secondary N) is 1. The zero-order valence-corrected chi connectivity index (χ0v) is 7.01. The minimum Gasteiger partial charge on any atom is -0.377 e. The molecule has 1 saturated heterocycles. The van der Waals surface area contributed by atoms with Crippen LogP contribution in [0.2, 0.25) is 0 Å². The maximum absolute atomic E-state index is 5.33. The van der Waals surface area contributed by atoms with Crippen LogP contribution < -0.4 is 5.32 Å². The number of hydrogen-bond acceptors (Lipinski definition) is 2. The van der Waals surface area contributed by atoms with Crippen molar-refractivity contribution in [1.82, 2.24) is 5.32 Å². The Labute approximate surface area is 68.3 Å². The molecule has 1 N–H and O–H groups in total. The van der Waals surface area contributed by atoms with Gasteiger partial charge < -0.3 is 10.1 Å². The highest BCUT2D eigenvalue weighted by Crippen LogP contribution is 2.18. The lowest BCUT2D eigenvalue weighted by Crippen LogP contribution is -2.40. The van der Waals surface area contributed by atoms with Crippen LogP contribution in [0.25, 0.3) is 0 Å². The van der Waals surface area contributed by atoms with Gasteiger partial charge in [-0.3, -0.25) is 0 Å². The van der Waals surface area contributed by atoms with Crippen molar-refractivity contribution in [2.45, 2.75) is 44.2 Å². The van der Waals surface area contributed by atoms with Crippen molar-refractivity contribution >= 4 is 0 Å². The van der Waals surface area contributed by atoms with Crippen LogP contribution in [-0.4, -0.2) is 25.3 Å². The lowest BCUT2D eigenvalue weighted by Gasteiger charge is -2.27. The molecule has 0 aromatic carbocycles. The van der Waals surface area contributed by atoms with E-state index >= 15 is 0 Å². The predicted octanol–water partition coefficient (Wildman–Crippen LogP) is 1.31. The molecule has 0 aromatic heterocycles. The van der Waals surface area contributed by atoms with Gasteiger partial charge in [-0.15, -0.1) is 0 Å². The molecule has 0 aromatic rings. The Morgan fingerprint density at radius 2 is 1.91 bits per heavy atom. The fraction of sp³-hybridized carbons (Fsp3) is 1.00. The summed E-state index contributed by atoms with van der Waals surface area (Å²) in [5, 5.41) is 3.56. The molecule has 64 valence electrons. The average Bonchev–Trinajstić information content (AvgIpc) is 2.36. The Bertz CT molecular complexity index is 117. The van der Waals surface area contributed by atoms with E-state index in [0.717, 1.165) is 19.2 Å². The molecule has 2 nitrogen and oxygen atoms in total. The van der Waals surface area contributed by atoms with E-state index in [2.05, 4.69) is 5.32 Å². The lowest BCUT2D eigenvalue weighted by atomic mass is 10.1. The number of rotatable bonds is 3. The molecule has 2 rings (SSSR count). The summed E-state index contributed by atoms with van der Waals surface area (Å²) in [6.07, 6.45) is 7.40. The molecule has 2 aliphatic rings. The monoisotopic (exact) mass is 155 g/mol. The largest absolute Gasteiger partial charge is 0.377 e. The van der Waals surface area contributed by atoms with Gasteiger partial charge >= 0.3 is 0 Å². The first-order valence-corrected chi connectivity index (χ1v) is 4.80. The molecule has 1 unspecified atom stereocenters. The average molecular weight is 155 g/mol. The Hall–Kier alpha value is -0.0800. The Morgan fingerprint density at radius 3 is 2.45 bits per heavy atom. The Kier molecular flexibility index (Phi) is 2.44. The van der Waals surface area contributed by atoms with Gasteiger partial charge in [0.15, 0.2) is 0 Å². The second-order valence-electron chi connectivity index (χ2n) is 3.67. The van der Waals surface area contributed by atoms with Crippen LogP contribution in [0.5, 0.6) is 0 Å². The molecular weight excluding hydrogens is 138 g/mol. The van der Waals surface area contributed by atoms with E-state index in [1.54, 1.807) is 0 Å². The summed E-state index contributed by atoms with van der Waals surface area (Å²) >= 11 is 0. The van der Waals surface area contributed by atoms with Gasteiger partial charge in [0.2, 0.25) is 0 Å². The van der Waals surface area contributed by atoms with E-state index < -0.39 is 0 Å². The third kappa shape index (κ3) is 1.94. The first-order chi connectivity index (χ1) is 5.45. The van der Waals surface area contributed by atoms with Gasteiger partial charge in [0.1, 0.15) is 0 Å². The molecule has 1 heterocycles. The lowest BCUT2D eigenvalue weighted by molar-refractivity contribution is -0.0494. The quantitative estimate of drug-likeness (QED) is 0.663. The topological polar surface area (TPSA) is 21.3 Å². The van der Waals surface area contributed by atoms with Crippen LogP contribution >= 0.6 is 0 Å². The van der Waals surface area contributed by atoms with E-state index in [0.29, 0.717) is 6.10 Å². The normalized spacial score (nSPS) is 32.2. The smallest absolute Gasteiger partial charge is 0.0721 e. The van der Waals surface area contributed by atoms with Gasteiger partial charge in [0.25, 0.3) is 0 Å². The van der Waals surface area contributed by atoms with Crippen LogP contribution in [0.15, 0.2) is 0 Å². The van der Waals surface area contributed by atoms with Crippen LogP contribution in [0, 0.1) is 0 Å². The SMILES string of the molecule is C1CCC(NCC2CCO2)C1. The van der Waals surface area contributed by atoms with Crippen molar-refractivity contribution < 1.29 is 4.74 Å². The van der Waals surface area contributed by atoms with Gasteiger partial charge in [-0.1, -0.05) is 12.8 Å². The van der Waals surface area contributed by atoms with E-state index in [1.807, 2.05) is 0 Å². The van der Waals surface area contributed by atoms with E-state index in [1.165, 1.54) is 32.1 Å². The summed E-state index contributed by atoms with van der Waals surface area (Å²) in [5.41, 5.74) is 0. The van der Waals surface area contributed by atoms with Crippen molar-refractivity contribution in [2.75, 3.05) is 13.2 Å². The van der Waals surface area contributed by atoms with Gasteiger partial charge in [0, 0.05) is 19.2 Å². The first-order valence-electron chi connectivity index (χ1n) is 4.80. The zero-order valence-electron chi connectivity index (χ0n) is 7.01. The maximum atomic E-state index is 5.33. The highest BCUT2D eigenvalue weighted by atomic mass is 16.5. The second kappa shape index (κ2) is 3.55. The minimum atomic E-state index is 0.538. The highest BCUT2D eigenvalue weighted by Gasteiger charge is 2.20. The summed E-state index contributed by atoms with van der Waals surface area (Å²) in [4.78, 5) is 0. The highest BCUT2D eigenvalue weighted by molar-refractivity contribution is 4.77. The van der Waals surface area contributed by atoms with Gasteiger partial charge in [-0.05, 0) is 19.3 Å². The molecule has 2 fully saturated rings. The summed E-state index contributed by atoms with van der Waals surface area (Å²) in [6.45, 7) is 2.07. The fourth-order valence-electron chi connectivity index (χ4n) is 1.87. The van der Waals surface area contributed by atoms with Crippen LogP contribution in [-0.2, 0) is 4.74 Å². The molecule has 0 spiro atoms. The van der Waals surface area contributed by atoms with Gasteiger partial charge in [-0.2, -0.15) is 0 Å². The fourth-order valence-corrected chi connectivity index (χ4v) is 1.87. The van der Waals surface area contributed by atoms with Gasteiger partial charge in [0.05, 0.1) is 6.10 Å². The summed E-state index contributed by atoms with van der Waals surface area (Å²) < 4.78 is 5.33. The first kappa shape index (κ1) is 7.56. The van der Waals surface area contributed by atoms with Crippen molar-refractivity contribution in [2.24, 2.45) is 0 Å². The molecule has 1 saturated carbocycles. The summed E-state index contributed by atoms with van der Waals surface area (Å²) in [7, 11) is 0. The third-order valence-corrected chi connectivity index (χ3v) is 2.78. The molecule has 11 heavy (non-hydrogen) atoms. The second-order valence-corrected chi connectivity index (χ2v) is 3.67. The molecule has 0 amide bonds. The molecule has 1 aliphatic heterocycles. The zero-order chi connectivity index (χ0) is 7.52. The van der Waals surface area contributed by atoms with E-state index in [-0.39, 0.29) is 0 Å². The molecule has 1 aliphatic carbocycles. The van der Waals surface area contributed by atoms with Gasteiger partial charge in [-0.25, -0.2) is 0 Å². The van der Waals surface area contributed by atoms with Crippen molar-refractivity contribution in [3.8, 4) is 0 Å². The van der Waals surface area contributed by atoms with E-state index in [4.69, 9.17) is 4.74 Å². The molecule has 0 radical (unpaired) electrons. The van der Waals surface area contributed by atoms with Crippen molar-refractivity contribution in [3.63, 3.8) is 0 Å². The Balaban J connectivity index is 1.57. The van der Waals surface area contributed by atoms with Crippen LogP contribution in [0.4, 0.5) is 0 Å². The Morgan fingerprint density at radius 1 is 1.18 bits per heavy atom. The predicted molar refractivity (Wildman–Crippen MR) is 44.6 cm³/mol. The standard InChI is InChI=1S/C9H17NO/c1-2-4-8(3-1)10-7-9-5-6-11-9/h8-10H,1-7H2. The third-order valence-electron chi connectivity index (χ3n) is 2.78. The molecule has 2 heteroatoms. The maximum Gasteiger partial charge on any atom is 0.0721 e. The van der Waals surface area contributed by atoms with Crippen molar-refractivity contribution in [1.29, 1.82) is 0 Å². The molecular formula is C9H17NO. The van der Waals surface area contributed by atoms with E-state index in [9.17, 15) is 0 Å². The number of hydrogen-bond donors (Lipinski definition) is 1. The summed E-state index contributed by atoms with van der Waals surface area (Å²) in [5.74, 6) is 0. The van der Waals surface area contributed by atoms with Crippen LogP contribution in [0.1, 0.15) is 32.1 Å². The van der Waals surface area contributed by atoms with Crippen LogP contribution in [0.3, 0.4) is 0 Å². The molecule has 1 atom stereocenters. The molecule has 0 bridgehead atoms.